The van der Waals surface area contributed by atoms with Crippen molar-refractivity contribution in [2.45, 2.75) is 13.3 Å². The molecular weight excluding hydrogens is 386 g/mol. The van der Waals surface area contributed by atoms with Crippen LogP contribution in [0.2, 0.25) is 0 Å². The number of H-pyrrole nitrogens is 2. The summed E-state index contributed by atoms with van der Waals surface area (Å²) in [5.41, 5.74) is 9.75. The molecule has 31 heavy (non-hydrogen) atoms. The molecule has 6 rings (SSSR count). The van der Waals surface area contributed by atoms with E-state index in [1.807, 2.05) is 12.3 Å². The second-order valence-corrected chi connectivity index (χ2v) is 7.89. The van der Waals surface area contributed by atoms with Crippen molar-refractivity contribution in [3.63, 3.8) is 0 Å². The van der Waals surface area contributed by atoms with Crippen molar-refractivity contribution in [3.05, 3.63) is 66.1 Å². The summed E-state index contributed by atoms with van der Waals surface area (Å²) in [5, 5.41) is 11.0. The van der Waals surface area contributed by atoms with Gasteiger partial charge in [-0.25, -0.2) is 9.97 Å². The molecule has 7 heteroatoms. The van der Waals surface area contributed by atoms with Crippen molar-refractivity contribution in [2.75, 3.05) is 13.1 Å². The number of aromatic amines is 2. The molecule has 0 saturated carbocycles. The summed E-state index contributed by atoms with van der Waals surface area (Å²) in [5.74, 6) is 0.687. The fourth-order valence-corrected chi connectivity index (χ4v) is 4.17. The average molecular weight is 407 g/mol. The number of pyridine rings is 2. The van der Waals surface area contributed by atoms with Gasteiger partial charge in [0.2, 0.25) is 0 Å². The van der Waals surface area contributed by atoms with Gasteiger partial charge in [-0.3, -0.25) is 10.1 Å². The second kappa shape index (κ2) is 7.14. The number of hydrogen-bond acceptors (Lipinski definition) is 5. The Morgan fingerprint density at radius 1 is 0.968 bits per heavy atom. The predicted molar refractivity (Wildman–Crippen MR) is 122 cm³/mol. The van der Waals surface area contributed by atoms with Crippen LogP contribution in [-0.4, -0.2) is 43.2 Å². The highest BCUT2D eigenvalue weighted by molar-refractivity contribution is 5.95. The van der Waals surface area contributed by atoms with Gasteiger partial charge in [0.05, 0.1) is 28.4 Å². The number of imidazole rings is 1. The van der Waals surface area contributed by atoms with Gasteiger partial charge in [0, 0.05) is 18.3 Å². The van der Waals surface area contributed by atoms with Crippen molar-refractivity contribution in [1.82, 2.24) is 35.5 Å². The topological polar surface area (TPSA) is 95.2 Å². The number of benzene rings is 1. The minimum atomic E-state index is 0.687. The Bertz CT molecular complexity index is 1460. The van der Waals surface area contributed by atoms with Crippen molar-refractivity contribution in [1.29, 1.82) is 0 Å². The van der Waals surface area contributed by atoms with Crippen LogP contribution in [0, 0.1) is 6.92 Å². The number of aromatic nitrogens is 6. The van der Waals surface area contributed by atoms with Crippen molar-refractivity contribution in [3.8, 4) is 22.6 Å². The average Bonchev–Trinajstić information content (AvgIpc) is 3.43. The lowest BCUT2D eigenvalue weighted by atomic mass is 10.0. The highest BCUT2D eigenvalue weighted by atomic mass is 15.1. The molecule has 0 spiro atoms. The van der Waals surface area contributed by atoms with Crippen molar-refractivity contribution < 1.29 is 0 Å². The Balaban J connectivity index is 1.49. The van der Waals surface area contributed by atoms with E-state index < -0.39 is 0 Å². The molecule has 3 N–H and O–H groups in total. The molecule has 5 heterocycles. The summed E-state index contributed by atoms with van der Waals surface area (Å²) in [6.07, 6.45) is 6.85. The van der Waals surface area contributed by atoms with Gasteiger partial charge in [-0.1, -0.05) is 35.9 Å². The maximum Gasteiger partial charge on any atom is 0.161 e. The van der Waals surface area contributed by atoms with Crippen molar-refractivity contribution >= 4 is 27.6 Å². The van der Waals surface area contributed by atoms with E-state index in [0.717, 1.165) is 64.1 Å². The molecule has 7 nitrogen and oxygen atoms in total. The molecule has 152 valence electrons. The third-order valence-corrected chi connectivity index (χ3v) is 5.75. The smallest absolute Gasteiger partial charge is 0.161 e. The highest BCUT2D eigenvalue weighted by Gasteiger charge is 2.17. The van der Waals surface area contributed by atoms with E-state index >= 15 is 0 Å². The quantitative estimate of drug-likeness (QED) is 0.416. The van der Waals surface area contributed by atoms with Crippen LogP contribution in [0.3, 0.4) is 0 Å². The fourth-order valence-electron chi connectivity index (χ4n) is 4.17. The number of aryl methyl sites for hydroxylation is 1. The summed E-state index contributed by atoms with van der Waals surface area (Å²) in [6, 6.07) is 12.5. The van der Waals surface area contributed by atoms with E-state index in [1.165, 1.54) is 11.1 Å². The predicted octanol–water partition coefficient (Wildman–Crippen LogP) is 4.25. The van der Waals surface area contributed by atoms with Crippen LogP contribution in [-0.2, 0) is 0 Å². The zero-order valence-corrected chi connectivity index (χ0v) is 17.1. The molecule has 0 unspecified atom stereocenters. The van der Waals surface area contributed by atoms with Gasteiger partial charge in [-0.2, -0.15) is 5.10 Å². The largest absolute Gasteiger partial charge is 0.335 e. The zero-order valence-electron chi connectivity index (χ0n) is 17.1. The third-order valence-electron chi connectivity index (χ3n) is 5.75. The Morgan fingerprint density at radius 2 is 1.94 bits per heavy atom. The molecule has 1 aromatic carbocycles. The first-order valence-electron chi connectivity index (χ1n) is 10.4. The third kappa shape index (κ3) is 3.10. The van der Waals surface area contributed by atoms with Gasteiger partial charge in [-0.15, -0.1) is 0 Å². The number of hydrogen-bond donors (Lipinski definition) is 3. The van der Waals surface area contributed by atoms with E-state index in [2.05, 4.69) is 68.8 Å². The molecule has 4 aromatic heterocycles. The van der Waals surface area contributed by atoms with Gasteiger partial charge < -0.3 is 10.3 Å². The first kappa shape index (κ1) is 18.0. The molecule has 5 aromatic rings. The molecule has 0 saturated heterocycles. The first-order chi connectivity index (χ1) is 15.3. The normalized spacial score (nSPS) is 14.3. The molecule has 1 aliphatic heterocycles. The lowest BCUT2D eigenvalue weighted by Crippen LogP contribution is -2.20. The summed E-state index contributed by atoms with van der Waals surface area (Å²) in [6.45, 7) is 3.94. The molecule has 0 radical (unpaired) electrons. The van der Waals surface area contributed by atoms with E-state index in [1.54, 1.807) is 6.20 Å². The first-order valence-corrected chi connectivity index (χ1v) is 10.4. The Morgan fingerprint density at radius 3 is 2.81 bits per heavy atom. The van der Waals surface area contributed by atoms with Crippen molar-refractivity contribution in [2.24, 2.45) is 0 Å². The van der Waals surface area contributed by atoms with Gasteiger partial charge in [0.25, 0.3) is 0 Å². The maximum atomic E-state index is 4.93. The Labute approximate surface area is 178 Å². The molecule has 1 aliphatic rings. The number of fused-ring (bicyclic) bond motifs is 2. The molecule has 0 bridgehead atoms. The lowest BCUT2D eigenvalue weighted by molar-refractivity contribution is 0.737. The molecule has 0 fully saturated rings. The zero-order chi connectivity index (χ0) is 20.8. The minimum absolute atomic E-state index is 0.687. The van der Waals surface area contributed by atoms with Crippen LogP contribution in [0.5, 0.6) is 0 Å². The molecular formula is C24H21N7. The van der Waals surface area contributed by atoms with Gasteiger partial charge in [-0.05, 0) is 43.2 Å². The second-order valence-electron chi connectivity index (χ2n) is 7.89. The van der Waals surface area contributed by atoms with Crippen LogP contribution < -0.4 is 5.32 Å². The van der Waals surface area contributed by atoms with Crippen LogP contribution >= 0.6 is 0 Å². The SMILES string of the molecule is Cc1cccc(-c2cncc3[nH]c(-c4n[nH]c5ccc(C6=CCNCC6)nc45)nc23)c1. The number of nitrogens with one attached hydrogen (secondary N) is 3. The van der Waals surface area contributed by atoms with Gasteiger partial charge in [0.15, 0.2) is 11.5 Å². The van der Waals surface area contributed by atoms with E-state index in [0.29, 0.717) is 5.82 Å². The minimum Gasteiger partial charge on any atom is -0.335 e. The number of nitrogens with zero attached hydrogens (tertiary/aromatic N) is 4. The van der Waals surface area contributed by atoms with Gasteiger partial charge >= 0.3 is 0 Å². The van der Waals surface area contributed by atoms with E-state index in [-0.39, 0.29) is 0 Å². The van der Waals surface area contributed by atoms with Crippen LogP contribution in [0.1, 0.15) is 17.7 Å². The summed E-state index contributed by atoms with van der Waals surface area (Å²) >= 11 is 0. The van der Waals surface area contributed by atoms with Gasteiger partial charge in [0.1, 0.15) is 5.52 Å². The Hall–Kier alpha value is -3.84. The number of rotatable bonds is 3. The fraction of sp³-hybridized carbons (Fsp3) is 0.167. The highest BCUT2D eigenvalue weighted by Crippen LogP contribution is 2.31. The molecule has 0 amide bonds. The Kier molecular flexibility index (Phi) is 4.14. The van der Waals surface area contributed by atoms with E-state index in [9.17, 15) is 0 Å². The molecule has 0 aliphatic carbocycles. The van der Waals surface area contributed by atoms with E-state index in [4.69, 9.17) is 9.97 Å². The van der Waals surface area contributed by atoms with Crippen LogP contribution in [0.15, 0.2) is 54.9 Å². The summed E-state index contributed by atoms with van der Waals surface area (Å²) < 4.78 is 0. The molecule has 0 atom stereocenters. The lowest BCUT2D eigenvalue weighted by Gasteiger charge is -2.13. The van der Waals surface area contributed by atoms with Crippen LogP contribution in [0.4, 0.5) is 0 Å². The summed E-state index contributed by atoms with van der Waals surface area (Å²) in [7, 11) is 0. The monoisotopic (exact) mass is 407 g/mol. The summed E-state index contributed by atoms with van der Waals surface area (Å²) in [4.78, 5) is 17.7. The maximum absolute atomic E-state index is 4.93. The standard InChI is InChI=1S/C24H21N7/c1-14-3-2-4-16(11-14)17-12-26-13-20-21(17)29-24(28-20)23-22-19(30-31-23)6-5-18(27-22)15-7-9-25-10-8-15/h2-7,11-13,25H,8-10H2,1H3,(H,28,29)(H,30,31). The van der Waals surface area contributed by atoms with Crippen LogP contribution in [0.25, 0.3) is 50.3 Å².